The summed E-state index contributed by atoms with van der Waals surface area (Å²) >= 11 is 0. The molecule has 1 aromatic rings. The number of quaternary nitrogens is 1. The van der Waals surface area contributed by atoms with E-state index < -0.39 is 6.10 Å². The van der Waals surface area contributed by atoms with Crippen LogP contribution >= 0.6 is 0 Å². The van der Waals surface area contributed by atoms with E-state index >= 15 is 0 Å². The van der Waals surface area contributed by atoms with Gasteiger partial charge in [0.1, 0.15) is 25.0 Å². The SMILES string of the molecule is Cc1ccc(C)c(OC[C@H](O)C[NH2+][C@H]2CCCC[C@H]2C)c1C. The first-order chi connectivity index (χ1) is 10.5. The smallest absolute Gasteiger partial charge is 0.137 e. The van der Waals surface area contributed by atoms with Gasteiger partial charge in [0.25, 0.3) is 0 Å². The highest BCUT2D eigenvalue weighted by Gasteiger charge is 2.24. The van der Waals surface area contributed by atoms with Crippen LogP contribution in [-0.4, -0.2) is 30.4 Å². The Balaban J connectivity index is 1.80. The van der Waals surface area contributed by atoms with E-state index in [1.54, 1.807) is 0 Å². The number of benzene rings is 1. The van der Waals surface area contributed by atoms with Crippen LogP contribution in [0.5, 0.6) is 5.75 Å². The van der Waals surface area contributed by atoms with Crippen LogP contribution in [0.1, 0.15) is 49.3 Å². The van der Waals surface area contributed by atoms with Gasteiger partial charge in [-0.15, -0.1) is 0 Å². The Morgan fingerprint density at radius 3 is 2.59 bits per heavy atom. The molecular formula is C19H32NO2+. The zero-order chi connectivity index (χ0) is 16.1. The summed E-state index contributed by atoms with van der Waals surface area (Å²) in [7, 11) is 0. The third-order valence-corrected chi connectivity index (χ3v) is 5.18. The average molecular weight is 306 g/mol. The van der Waals surface area contributed by atoms with Gasteiger partial charge >= 0.3 is 0 Å². The molecule has 3 heteroatoms. The second-order valence-electron chi connectivity index (χ2n) is 7.02. The predicted octanol–water partition coefficient (Wildman–Crippen LogP) is 2.49. The van der Waals surface area contributed by atoms with Gasteiger partial charge in [0, 0.05) is 5.92 Å². The van der Waals surface area contributed by atoms with Gasteiger partial charge in [-0.05, 0) is 56.7 Å². The van der Waals surface area contributed by atoms with Crippen molar-refractivity contribution in [3.8, 4) is 5.75 Å². The zero-order valence-electron chi connectivity index (χ0n) is 14.6. The average Bonchev–Trinajstić information content (AvgIpc) is 2.50. The van der Waals surface area contributed by atoms with Gasteiger partial charge in [-0.3, -0.25) is 0 Å². The highest BCUT2D eigenvalue weighted by molar-refractivity contribution is 5.44. The molecule has 0 aromatic heterocycles. The van der Waals surface area contributed by atoms with E-state index in [0.717, 1.165) is 23.8 Å². The van der Waals surface area contributed by atoms with Crippen LogP contribution in [0.15, 0.2) is 12.1 Å². The summed E-state index contributed by atoms with van der Waals surface area (Å²) in [6, 6.07) is 4.87. The Morgan fingerprint density at radius 2 is 1.86 bits per heavy atom. The van der Waals surface area contributed by atoms with E-state index in [1.807, 2.05) is 0 Å². The molecule has 1 aliphatic rings. The highest BCUT2D eigenvalue weighted by atomic mass is 16.5. The molecule has 0 spiro atoms. The number of hydrogen-bond acceptors (Lipinski definition) is 2. The number of rotatable bonds is 6. The maximum Gasteiger partial charge on any atom is 0.137 e. The minimum atomic E-state index is -0.409. The molecule has 0 saturated heterocycles. The maximum atomic E-state index is 10.2. The molecular weight excluding hydrogens is 274 g/mol. The Hall–Kier alpha value is -1.06. The first-order valence-corrected chi connectivity index (χ1v) is 8.70. The lowest BCUT2D eigenvalue weighted by Gasteiger charge is -2.27. The molecule has 0 heterocycles. The minimum Gasteiger partial charge on any atom is -0.490 e. The van der Waals surface area contributed by atoms with Crippen molar-refractivity contribution >= 4 is 0 Å². The molecule has 124 valence electrons. The van der Waals surface area contributed by atoms with Crippen LogP contribution in [0.4, 0.5) is 0 Å². The van der Waals surface area contributed by atoms with Crippen molar-refractivity contribution in [1.29, 1.82) is 0 Å². The summed E-state index contributed by atoms with van der Waals surface area (Å²) in [5.41, 5.74) is 3.55. The summed E-state index contributed by atoms with van der Waals surface area (Å²) in [5.74, 6) is 1.70. The molecule has 0 amide bonds. The molecule has 0 bridgehead atoms. The molecule has 0 radical (unpaired) electrons. The lowest BCUT2D eigenvalue weighted by atomic mass is 9.86. The molecule has 0 aliphatic heterocycles. The van der Waals surface area contributed by atoms with Crippen LogP contribution in [0.2, 0.25) is 0 Å². The summed E-state index contributed by atoms with van der Waals surface area (Å²) in [6.07, 6.45) is 4.90. The highest BCUT2D eigenvalue weighted by Crippen LogP contribution is 2.25. The Labute approximate surface area is 135 Å². The van der Waals surface area contributed by atoms with Crippen molar-refractivity contribution in [2.45, 2.75) is 65.5 Å². The first-order valence-electron chi connectivity index (χ1n) is 8.70. The lowest BCUT2D eigenvalue weighted by molar-refractivity contribution is -0.703. The maximum absolute atomic E-state index is 10.2. The Morgan fingerprint density at radius 1 is 1.18 bits per heavy atom. The topological polar surface area (TPSA) is 46.1 Å². The van der Waals surface area contributed by atoms with Gasteiger partial charge in [0.15, 0.2) is 0 Å². The summed E-state index contributed by atoms with van der Waals surface area (Å²) in [4.78, 5) is 0. The third-order valence-electron chi connectivity index (χ3n) is 5.18. The normalized spacial score (nSPS) is 23.3. The second-order valence-corrected chi connectivity index (χ2v) is 7.02. The van der Waals surface area contributed by atoms with Gasteiger partial charge in [0.2, 0.25) is 0 Å². The van der Waals surface area contributed by atoms with Crippen LogP contribution in [0.3, 0.4) is 0 Å². The molecule has 1 aromatic carbocycles. The number of aliphatic hydroxyl groups is 1. The van der Waals surface area contributed by atoms with Crippen molar-refractivity contribution in [3.63, 3.8) is 0 Å². The zero-order valence-corrected chi connectivity index (χ0v) is 14.6. The van der Waals surface area contributed by atoms with Crippen molar-refractivity contribution in [2.75, 3.05) is 13.2 Å². The lowest BCUT2D eigenvalue weighted by Crippen LogP contribution is -2.93. The molecule has 3 atom stereocenters. The van der Waals surface area contributed by atoms with Gasteiger partial charge < -0.3 is 15.2 Å². The van der Waals surface area contributed by atoms with Crippen molar-refractivity contribution < 1.29 is 15.2 Å². The Kier molecular flexibility index (Phi) is 6.27. The molecule has 2 rings (SSSR count). The molecule has 3 N–H and O–H groups in total. The van der Waals surface area contributed by atoms with E-state index in [2.05, 4.69) is 45.1 Å². The van der Waals surface area contributed by atoms with Gasteiger partial charge in [-0.1, -0.05) is 25.5 Å². The monoisotopic (exact) mass is 306 g/mol. The number of aliphatic hydroxyl groups excluding tert-OH is 1. The van der Waals surface area contributed by atoms with E-state index in [9.17, 15) is 5.11 Å². The number of aryl methyl sites for hydroxylation is 2. The molecule has 22 heavy (non-hydrogen) atoms. The van der Waals surface area contributed by atoms with Gasteiger partial charge in [-0.2, -0.15) is 0 Å². The largest absolute Gasteiger partial charge is 0.490 e. The van der Waals surface area contributed by atoms with E-state index in [1.165, 1.54) is 36.8 Å². The van der Waals surface area contributed by atoms with Crippen LogP contribution < -0.4 is 10.1 Å². The standard InChI is InChI=1S/C19H31NO2/c1-13-9-10-15(3)19(16(13)4)22-12-17(21)11-20-18-8-6-5-7-14(18)2/h9-10,14,17-18,20-21H,5-8,11-12H2,1-4H3/p+1/t14-,17-,18+/m1/s1. The van der Waals surface area contributed by atoms with Crippen molar-refractivity contribution in [2.24, 2.45) is 5.92 Å². The number of nitrogens with two attached hydrogens (primary N) is 1. The Bertz CT molecular complexity index is 487. The van der Waals surface area contributed by atoms with Crippen LogP contribution in [0, 0.1) is 26.7 Å². The van der Waals surface area contributed by atoms with Crippen molar-refractivity contribution in [3.05, 3.63) is 28.8 Å². The molecule has 0 unspecified atom stereocenters. The second kappa shape index (κ2) is 7.98. The van der Waals surface area contributed by atoms with Gasteiger partial charge in [0.05, 0.1) is 6.04 Å². The van der Waals surface area contributed by atoms with Crippen LogP contribution in [0.25, 0.3) is 0 Å². The number of hydrogen-bond donors (Lipinski definition) is 2. The fourth-order valence-corrected chi connectivity index (χ4v) is 3.42. The van der Waals surface area contributed by atoms with Crippen molar-refractivity contribution in [1.82, 2.24) is 0 Å². The van der Waals surface area contributed by atoms with E-state index in [4.69, 9.17) is 4.74 Å². The third kappa shape index (κ3) is 4.47. The molecule has 1 saturated carbocycles. The quantitative estimate of drug-likeness (QED) is 0.848. The van der Waals surface area contributed by atoms with E-state index in [-0.39, 0.29) is 0 Å². The fourth-order valence-electron chi connectivity index (χ4n) is 3.42. The predicted molar refractivity (Wildman–Crippen MR) is 90.4 cm³/mol. The summed E-state index contributed by atoms with van der Waals surface area (Å²) < 4.78 is 5.91. The van der Waals surface area contributed by atoms with Crippen LogP contribution in [-0.2, 0) is 0 Å². The fraction of sp³-hybridized carbons (Fsp3) is 0.684. The van der Waals surface area contributed by atoms with E-state index in [0.29, 0.717) is 12.6 Å². The van der Waals surface area contributed by atoms with Gasteiger partial charge in [-0.25, -0.2) is 0 Å². The summed E-state index contributed by atoms with van der Waals surface area (Å²) in [5, 5.41) is 12.5. The number of ether oxygens (including phenoxy) is 1. The summed E-state index contributed by atoms with van der Waals surface area (Å²) in [6.45, 7) is 9.69. The molecule has 1 aliphatic carbocycles. The molecule has 3 nitrogen and oxygen atoms in total. The minimum absolute atomic E-state index is 0.378. The molecule has 1 fully saturated rings. The first kappa shape index (κ1) is 17.3.